The van der Waals surface area contributed by atoms with E-state index < -0.39 is 17.4 Å². The van der Waals surface area contributed by atoms with Crippen LogP contribution in [0.25, 0.3) is 0 Å². The summed E-state index contributed by atoms with van der Waals surface area (Å²) < 4.78 is 0. The maximum atomic E-state index is 12.5. The van der Waals surface area contributed by atoms with E-state index in [1.165, 1.54) is 12.1 Å². The van der Waals surface area contributed by atoms with Crippen LogP contribution >= 0.6 is 23.4 Å². The number of carbonyl (C=O) groups is 2. The van der Waals surface area contributed by atoms with Crippen LogP contribution in [0.3, 0.4) is 0 Å². The number of benzene rings is 2. The molecule has 14 heteroatoms. The molecule has 2 aliphatic rings. The highest BCUT2D eigenvalue weighted by Crippen LogP contribution is 2.43. The van der Waals surface area contributed by atoms with Crippen molar-refractivity contribution in [1.29, 1.82) is 5.53 Å². The van der Waals surface area contributed by atoms with E-state index >= 15 is 0 Å². The minimum absolute atomic E-state index is 0.0223. The molecule has 2 amide bonds. The minimum Gasteiger partial charge on any atom is -0.307 e. The zero-order valence-electron chi connectivity index (χ0n) is 18.6. The van der Waals surface area contributed by atoms with Crippen molar-refractivity contribution < 1.29 is 9.59 Å². The van der Waals surface area contributed by atoms with Crippen LogP contribution in [-0.4, -0.2) is 34.7 Å². The maximum Gasteiger partial charge on any atom is 0.273 e. The first-order valence-corrected chi connectivity index (χ1v) is 12.2. The second-order valence-corrected chi connectivity index (χ2v) is 9.66. The molecule has 1 saturated heterocycles. The first kappa shape index (κ1) is 24.9. The highest BCUT2D eigenvalue weighted by molar-refractivity contribution is 7.99. The summed E-state index contributed by atoms with van der Waals surface area (Å²) in [5.74, 6) is 12.9. The van der Waals surface area contributed by atoms with Crippen molar-refractivity contribution in [2.24, 2.45) is 21.9 Å². The van der Waals surface area contributed by atoms with Gasteiger partial charge in [-0.2, -0.15) is 17.3 Å². The molecule has 0 atom stereocenters. The van der Waals surface area contributed by atoms with Crippen molar-refractivity contribution in [3.63, 3.8) is 0 Å². The number of nitrogens with one attached hydrogen (secondary N) is 5. The predicted octanol–water partition coefficient (Wildman–Crippen LogP) is 1.90. The molecule has 0 aliphatic carbocycles. The number of carbonyl (C=O) groups excluding carboxylic acids is 2. The number of nitrogens with zero attached hydrogens (tertiary/aromatic N) is 3. The summed E-state index contributed by atoms with van der Waals surface area (Å²) in [5.41, 5.74) is 18.6. The summed E-state index contributed by atoms with van der Waals surface area (Å²) in [5, 5.41) is 5.17. The molecule has 4 rings (SSSR count). The smallest absolute Gasteiger partial charge is 0.273 e. The number of amidine groups is 1. The van der Waals surface area contributed by atoms with Gasteiger partial charge in [-0.25, -0.2) is 27.5 Å². The Hall–Kier alpha value is -3.23. The molecule has 0 radical (unpaired) electrons. The number of thioether (sulfide) groups is 1. The number of hydrazine groups is 3. The van der Waals surface area contributed by atoms with Gasteiger partial charge in [0.05, 0.1) is 22.5 Å². The number of halogens is 1. The molecule has 0 saturated carbocycles. The summed E-state index contributed by atoms with van der Waals surface area (Å²) in [6.45, 7) is 0.485. The van der Waals surface area contributed by atoms with Crippen LogP contribution in [0, 0.1) is 5.53 Å². The Labute approximate surface area is 210 Å². The summed E-state index contributed by atoms with van der Waals surface area (Å²) in [7, 11) is 0. The highest BCUT2D eigenvalue weighted by Gasteiger charge is 2.46. The normalized spacial score (nSPS) is 16.2. The monoisotopic (exact) mass is 516 g/mol. The number of nitrogen functional groups attached to an aromatic ring is 1. The number of fused-ring (bicyclic) bond motifs is 1. The number of nitrogens with two attached hydrogens (primary N) is 2. The van der Waals surface area contributed by atoms with Crippen molar-refractivity contribution in [2.75, 3.05) is 16.5 Å². The topological polar surface area (TPSA) is 186 Å². The van der Waals surface area contributed by atoms with Crippen LogP contribution in [-0.2, 0) is 6.54 Å². The summed E-state index contributed by atoms with van der Waals surface area (Å²) >= 11 is 7.92. The molecule has 1 spiro atoms. The molecule has 2 heterocycles. The third-order valence-corrected chi connectivity index (χ3v) is 7.22. The third-order valence-electron chi connectivity index (χ3n) is 5.99. The van der Waals surface area contributed by atoms with Gasteiger partial charge in [0.1, 0.15) is 11.4 Å². The number of hydrogen-bond donors (Lipinski definition) is 7. The number of aliphatic imine (C=N–C) groups is 1. The summed E-state index contributed by atoms with van der Waals surface area (Å²) in [4.78, 5) is 29.8. The van der Waals surface area contributed by atoms with Gasteiger partial charge < -0.3 is 5.43 Å². The molecule has 0 bridgehead atoms. The van der Waals surface area contributed by atoms with Gasteiger partial charge in [-0.05, 0) is 54.2 Å². The lowest BCUT2D eigenvalue weighted by Gasteiger charge is -2.48. The van der Waals surface area contributed by atoms with Crippen molar-refractivity contribution in [2.45, 2.75) is 24.9 Å². The van der Waals surface area contributed by atoms with Crippen LogP contribution in [0.1, 0.15) is 39.1 Å². The Morgan fingerprint density at radius 3 is 2.63 bits per heavy atom. The van der Waals surface area contributed by atoms with Crippen LogP contribution in [0.15, 0.2) is 46.6 Å². The van der Waals surface area contributed by atoms with E-state index in [1.54, 1.807) is 5.01 Å². The Balaban J connectivity index is 1.73. The predicted molar refractivity (Wildman–Crippen MR) is 135 cm³/mol. The Kier molecular flexibility index (Phi) is 7.52. The Morgan fingerprint density at radius 2 is 1.94 bits per heavy atom. The van der Waals surface area contributed by atoms with E-state index in [4.69, 9.17) is 33.8 Å². The van der Waals surface area contributed by atoms with E-state index in [0.29, 0.717) is 41.6 Å². The minimum atomic E-state index is -0.737. The summed E-state index contributed by atoms with van der Waals surface area (Å²) in [6, 6.07) is 10.4. The lowest BCUT2D eigenvalue weighted by molar-refractivity contribution is 0.0918. The maximum absolute atomic E-state index is 12.5. The molecule has 1 fully saturated rings. The lowest BCUT2D eigenvalue weighted by atomic mass is 9.87. The van der Waals surface area contributed by atoms with E-state index in [0.717, 1.165) is 17.1 Å². The molecular weight excluding hydrogens is 492 g/mol. The largest absolute Gasteiger partial charge is 0.307 e. The van der Waals surface area contributed by atoms with Gasteiger partial charge in [-0.3, -0.25) is 20.0 Å². The molecule has 2 aromatic carbocycles. The molecule has 2 aliphatic heterocycles. The van der Waals surface area contributed by atoms with Crippen LogP contribution in [0.5, 0.6) is 0 Å². The van der Waals surface area contributed by atoms with Crippen LogP contribution < -0.4 is 38.4 Å². The van der Waals surface area contributed by atoms with Crippen molar-refractivity contribution in [3.8, 4) is 0 Å². The molecule has 0 unspecified atom stereocenters. The number of anilines is 1. The molecule has 12 nitrogen and oxygen atoms in total. The SMILES string of the molecule is N=NNC(=O)c1cc2c(cc1C(=O)NN)N=C(NNCc1cccc(Cl)c1)C1(CCSCC1)N2N. The fourth-order valence-corrected chi connectivity index (χ4v) is 5.58. The molecule has 35 heavy (non-hydrogen) atoms. The van der Waals surface area contributed by atoms with E-state index in [1.807, 2.05) is 46.9 Å². The fourth-order valence-electron chi connectivity index (χ4n) is 4.20. The number of rotatable bonds is 6. The molecule has 2 aromatic rings. The zero-order chi connectivity index (χ0) is 25.0. The van der Waals surface area contributed by atoms with E-state index in [-0.39, 0.29) is 11.1 Å². The van der Waals surface area contributed by atoms with Crippen molar-refractivity contribution in [3.05, 3.63) is 58.1 Å². The average molecular weight is 517 g/mol. The lowest BCUT2D eigenvalue weighted by Crippen LogP contribution is -2.66. The second kappa shape index (κ2) is 10.6. The molecule has 0 aromatic heterocycles. The fraction of sp³-hybridized carbons (Fsp3) is 0.286. The van der Waals surface area contributed by atoms with Gasteiger partial charge in [-0.1, -0.05) is 29.0 Å². The van der Waals surface area contributed by atoms with Crippen LogP contribution in [0.4, 0.5) is 11.4 Å². The molecule has 184 valence electrons. The Bertz CT molecular complexity index is 1180. The first-order chi connectivity index (χ1) is 16.9. The van der Waals surface area contributed by atoms with Crippen molar-refractivity contribution in [1.82, 2.24) is 21.7 Å². The zero-order valence-corrected chi connectivity index (χ0v) is 20.2. The van der Waals surface area contributed by atoms with Gasteiger partial charge in [0.15, 0.2) is 0 Å². The van der Waals surface area contributed by atoms with E-state index in [9.17, 15) is 9.59 Å². The second-order valence-electron chi connectivity index (χ2n) is 8.00. The third kappa shape index (κ3) is 4.94. The standard InChI is InChI=1S/C21H25ClN10O2S/c22-13-3-1-2-12(8-13)11-26-30-20-21(4-6-35-7-5-21)32(25)17-10-15(19(34)29-31-24)14(18(33)28-23)9-16(17)27-20/h1-3,8-10,26H,4-7,11,23,25H2,(H,27,30)(H,28,33)(H2,24,29,34). The quantitative estimate of drug-likeness (QED) is 0.131. The number of hydrogen-bond acceptors (Lipinski definition) is 11. The van der Waals surface area contributed by atoms with E-state index in [2.05, 4.69) is 16.1 Å². The van der Waals surface area contributed by atoms with Gasteiger partial charge in [-0.15, -0.1) is 0 Å². The van der Waals surface area contributed by atoms with Crippen molar-refractivity contribution >= 4 is 52.4 Å². The highest BCUT2D eigenvalue weighted by atomic mass is 35.5. The van der Waals surface area contributed by atoms with Gasteiger partial charge in [0.2, 0.25) is 0 Å². The molecule has 9 N–H and O–H groups in total. The summed E-state index contributed by atoms with van der Waals surface area (Å²) in [6.07, 6.45) is 1.43. The van der Waals surface area contributed by atoms with Gasteiger partial charge in [0, 0.05) is 11.6 Å². The van der Waals surface area contributed by atoms with Crippen LogP contribution in [0.2, 0.25) is 5.02 Å². The average Bonchev–Trinajstić information content (AvgIpc) is 2.87. The van der Waals surface area contributed by atoms with Gasteiger partial charge >= 0.3 is 0 Å². The number of amides is 2. The Morgan fingerprint density at radius 1 is 1.20 bits per heavy atom. The van der Waals surface area contributed by atoms with Gasteiger partial charge in [0.25, 0.3) is 11.8 Å². The first-order valence-electron chi connectivity index (χ1n) is 10.7. The molecular formula is C21H25ClN10O2S.